The minimum absolute atomic E-state index is 0.0799. The van der Waals surface area contributed by atoms with E-state index in [2.05, 4.69) is 9.98 Å². The SMILES string of the molecule is O=C=NCc1ccc2c(C(F)(F)F)cncc2c1. The Morgan fingerprint density at radius 1 is 1.28 bits per heavy atom. The van der Waals surface area contributed by atoms with Crippen LogP contribution in [0, 0.1) is 0 Å². The van der Waals surface area contributed by atoms with Crippen molar-refractivity contribution in [3.8, 4) is 0 Å². The molecule has 18 heavy (non-hydrogen) atoms. The van der Waals surface area contributed by atoms with E-state index in [1.807, 2.05) is 0 Å². The molecule has 2 aromatic rings. The average Bonchev–Trinajstić information content (AvgIpc) is 2.34. The van der Waals surface area contributed by atoms with E-state index in [0.717, 1.165) is 6.20 Å². The number of fused-ring (bicyclic) bond motifs is 1. The van der Waals surface area contributed by atoms with Crippen LogP contribution in [0.3, 0.4) is 0 Å². The van der Waals surface area contributed by atoms with E-state index in [1.54, 1.807) is 0 Å². The minimum atomic E-state index is -4.44. The lowest BCUT2D eigenvalue weighted by molar-refractivity contribution is -0.136. The van der Waals surface area contributed by atoms with Gasteiger partial charge in [0, 0.05) is 17.8 Å². The lowest BCUT2D eigenvalue weighted by Crippen LogP contribution is -2.06. The van der Waals surface area contributed by atoms with Crippen LogP contribution >= 0.6 is 0 Å². The summed E-state index contributed by atoms with van der Waals surface area (Å²) in [7, 11) is 0. The number of aromatic nitrogens is 1. The van der Waals surface area contributed by atoms with Crippen LogP contribution in [0.25, 0.3) is 10.8 Å². The van der Waals surface area contributed by atoms with Crippen LogP contribution in [0.2, 0.25) is 0 Å². The van der Waals surface area contributed by atoms with Crippen molar-refractivity contribution >= 4 is 16.9 Å². The number of nitrogens with zero attached hydrogens (tertiary/aromatic N) is 2. The summed E-state index contributed by atoms with van der Waals surface area (Å²) in [6.07, 6.45) is -0.913. The summed E-state index contributed by atoms with van der Waals surface area (Å²) >= 11 is 0. The van der Waals surface area contributed by atoms with Crippen LogP contribution in [0.4, 0.5) is 13.2 Å². The van der Waals surface area contributed by atoms with Gasteiger partial charge in [-0.15, -0.1) is 0 Å². The van der Waals surface area contributed by atoms with Gasteiger partial charge in [-0.1, -0.05) is 12.1 Å². The molecule has 3 nitrogen and oxygen atoms in total. The molecule has 0 N–H and O–H groups in total. The zero-order chi connectivity index (χ0) is 13.2. The van der Waals surface area contributed by atoms with Gasteiger partial charge in [0.15, 0.2) is 0 Å². The van der Waals surface area contributed by atoms with E-state index >= 15 is 0 Å². The molecule has 0 aliphatic rings. The maximum absolute atomic E-state index is 12.7. The standard InChI is InChI=1S/C12H7F3N2O/c13-12(14,15)11-6-16-5-9-3-8(4-17-7-18)1-2-10(9)11/h1-3,5-6H,4H2. The molecule has 6 heteroatoms. The summed E-state index contributed by atoms with van der Waals surface area (Å²) in [6, 6.07) is 4.38. The first kappa shape index (κ1) is 12.3. The number of halogens is 3. The van der Waals surface area contributed by atoms with Crippen molar-refractivity contribution < 1.29 is 18.0 Å². The second-order valence-corrected chi connectivity index (χ2v) is 3.65. The number of carbonyl (C=O) groups excluding carboxylic acids is 1. The van der Waals surface area contributed by atoms with E-state index < -0.39 is 11.7 Å². The summed E-state index contributed by atoms with van der Waals surface area (Å²) in [5.74, 6) is 0. The number of benzene rings is 1. The molecule has 0 spiro atoms. The molecule has 92 valence electrons. The Bertz CT molecular complexity index is 631. The summed E-state index contributed by atoms with van der Waals surface area (Å²) in [4.78, 5) is 16.9. The molecular weight excluding hydrogens is 245 g/mol. The zero-order valence-corrected chi connectivity index (χ0v) is 9.03. The average molecular weight is 252 g/mol. The highest BCUT2D eigenvalue weighted by atomic mass is 19.4. The van der Waals surface area contributed by atoms with Crippen molar-refractivity contribution in [2.75, 3.05) is 0 Å². The summed E-state index contributed by atoms with van der Waals surface area (Å²) < 4.78 is 38.1. The molecular formula is C12H7F3N2O. The number of rotatable bonds is 2. The normalized spacial score (nSPS) is 11.3. The molecule has 2 rings (SSSR count). The Kier molecular flexibility index (Phi) is 3.12. The second kappa shape index (κ2) is 4.58. The lowest BCUT2D eigenvalue weighted by atomic mass is 10.0. The monoisotopic (exact) mass is 252 g/mol. The lowest BCUT2D eigenvalue weighted by Gasteiger charge is -2.10. The molecule has 0 atom stereocenters. The van der Waals surface area contributed by atoms with Crippen LogP contribution in [0.5, 0.6) is 0 Å². The van der Waals surface area contributed by atoms with Gasteiger partial charge < -0.3 is 0 Å². The molecule has 1 aromatic heterocycles. The zero-order valence-electron chi connectivity index (χ0n) is 9.03. The molecule has 0 saturated carbocycles. The van der Waals surface area contributed by atoms with Gasteiger partial charge in [0.2, 0.25) is 6.08 Å². The molecule has 0 fully saturated rings. The molecule has 0 saturated heterocycles. The highest BCUT2D eigenvalue weighted by molar-refractivity contribution is 5.85. The maximum Gasteiger partial charge on any atom is 0.418 e. The van der Waals surface area contributed by atoms with Gasteiger partial charge >= 0.3 is 6.18 Å². The molecule has 0 amide bonds. The van der Waals surface area contributed by atoms with Crippen LogP contribution in [-0.2, 0) is 17.5 Å². The Morgan fingerprint density at radius 3 is 2.72 bits per heavy atom. The number of alkyl halides is 3. The molecule has 0 bridgehead atoms. The van der Waals surface area contributed by atoms with E-state index in [4.69, 9.17) is 0 Å². The smallest absolute Gasteiger partial charge is 0.263 e. The van der Waals surface area contributed by atoms with Crippen molar-refractivity contribution in [2.24, 2.45) is 4.99 Å². The van der Waals surface area contributed by atoms with E-state index in [9.17, 15) is 18.0 Å². The highest BCUT2D eigenvalue weighted by Crippen LogP contribution is 2.34. The van der Waals surface area contributed by atoms with Crippen molar-refractivity contribution in [3.05, 3.63) is 41.7 Å². The van der Waals surface area contributed by atoms with Crippen LogP contribution in [0.15, 0.2) is 35.6 Å². The minimum Gasteiger partial charge on any atom is -0.263 e. The van der Waals surface area contributed by atoms with Crippen molar-refractivity contribution in [3.63, 3.8) is 0 Å². The van der Waals surface area contributed by atoms with Crippen LogP contribution in [-0.4, -0.2) is 11.1 Å². The predicted octanol–water partition coefficient (Wildman–Crippen LogP) is 3.09. The molecule has 0 aliphatic heterocycles. The van der Waals surface area contributed by atoms with E-state index in [1.165, 1.54) is 30.5 Å². The third kappa shape index (κ3) is 2.38. The molecule has 1 aromatic carbocycles. The van der Waals surface area contributed by atoms with Gasteiger partial charge in [0.1, 0.15) is 0 Å². The number of hydrogen-bond acceptors (Lipinski definition) is 3. The first-order valence-electron chi connectivity index (χ1n) is 5.00. The quantitative estimate of drug-likeness (QED) is 0.608. The van der Waals surface area contributed by atoms with Gasteiger partial charge in [-0.3, -0.25) is 4.98 Å². The predicted molar refractivity (Wildman–Crippen MR) is 58.6 cm³/mol. The fourth-order valence-corrected chi connectivity index (χ4v) is 1.67. The topological polar surface area (TPSA) is 42.3 Å². The molecule has 1 heterocycles. The third-order valence-electron chi connectivity index (χ3n) is 2.45. The van der Waals surface area contributed by atoms with Gasteiger partial charge in [-0.2, -0.15) is 13.2 Å². The Morgan fingerprint density at radius 2 is 2.06 bits per heavy atom. The van der Waals surface area contributed by atoms with Gasteiger partial charge in [-0.25, -0.2) is 9.79 Å². The van der Waals surface area contributed by atoms with Crippen molar-refractivity contribution in [1.29, 1.82) is 0 Å². The first-order valence-corrected chi connectivity index (χ1v) is 5.00. The number of pyridine rings is 1. The summed E-state index contributed by atoms with van der Waals surface area (Å²) in [5.41, 5.74) is -0.141. The van der Waals surface area contributed by atoms with Gasteiger partial charge in [0.05, 0.1) is 12.1 Å². The number of hydrogen-bond donors (Lipinski definition) is 0. The fraction of sp³-hybridized carbons (Fsp3) is 0.167. The summed E-state index contributed by atoms with van der Waals surface area (Å²) in [6.45, 7) is 0.0929. The van der Waals surface area contributed by atoms with Crippen LogP contribution < -0.4 is 0 Å². The number of aliphatic imine (C=N–C) groups is 1. The molecule has 0 aliphatic carbocycles. The fourth-order valence-electron chi connectivity index (χ4n) is 1.67. The third-order valence-corrected chi connectivity index (χ3v) is 2.45. The Labute approximate surface area is 100.0 Å². The van der Waals surface area contributed by atoms with Gasteiger partial charge in [0.25, 0.3) is 0 Å². The van der Waals surface area contributed by atoms with Crippen molar-refractivity contribution in [2.45, 2.75) is 12.7 Å². The summed E-state index contributed by atoms with van der Waals surface area (Å²) in [5, 5.41) is 0.444. The molecule has 0 radical (unpaired) electrons. The highest BCUT2D eigenvalue weighted by Gasteiger charge is 2.32. The van der Waals surface area contributed by atoms with E-state index in [0.29, 0.717) is 10.9 Å². The van der Waals surface area contributed by atoms with Crippen molar-refractivity contribution in [1.82, 2.24) is 4.98 Å². The molecule has 0 unspecified atom stereocenters. The maximum atomic E-state index is 12.7. The number of isocyanates is 1. The second-order valence-electron chi connectivity index (χ2n) is 3.65. The Hall–Kier alpha value is -2.20. The van der Waals surface area contributed by atoms with Gasteiger partial charge in [-0.05, 0) is 17.0 Å². The van der Waals surface area contributed by atoms with Crippen LogP contribution in [0.1, 0.15) is 11.1 Å². The van der Waals surface area contributed by atoms with E-state index in [-0.39, 0.29) is 11.9 Å². The largest absolute Gasteiger partial charge is 0.418 e. The Balaban J connectivity index is 2.56. The first-order chi connectivity index (χ1) is 8.52.